The summed E-state index contributed by atoms with van der Waals surface area (Å²) in [5.41, 5.74) is -0.570. The predicted molar refractivity (Wildman–Crippen MR) is 218 cm³/mol. The third-order valence-corrected chi connectivity index (χ3v) is 18.8. The van der Waals surface area contributed by atoms with Crippen LogP contribution in [-0.4, -0.2) is 98.9 Å². The molecule has 1 saturated carbocycles. The second-order valence-corrected chi connectivity index (χ2v) is 26.4. The minimum atomic E-state index is -3.92. The molecule has 2 aliphatic heterocycles. The number of rotatable bonds is 10. The van der Waals surface area contributed by atoms with Gasteiger partial charge >= 0.3 is 13.4 Å². The highest BCUT2D eigenvalue weighted by Crippen LogP contribution is 2.58. The minimum Gasteiger partial charge on any atom is -0.408 e. The molecule has 1 unspecified atom stereocenters. The molecule has 312 valence electrons. The van der Waals surface area contributed by atoms with Crippen molar-refractivity contribution in [3.63, 3.8) is 0 Å². The van der Waals surface area contributed by atoms with Crippen LogP contribution < -0.4 is 16.2 Å². The van der Waals surface area contributed by atoms with E-state index in [2.05, 4.69) is 75.5 Å². The minimum absolute atomic E-state index is 0.00729. The van der Waals surface area contributed by atoms with Gasteiger partial charge in [0.2, 0.25) is 11.9 Å². The van der Waals surface area contributed by atoms with Gasteiger partial charge < -0.3 is 37.5 Å². The Bertz CT molecular complexity index is 2120. The molecule has 0 radical (unpaired) electrons. The number of aromatic nitrogens is 6. The lowest BCUT2D eigenvalue weighted by molar-refractivity contribution is -0.118. The van der Waals surface area contributed by atoms with Gasteiger partial charge in [-0.25, -0.2) is 15.0 Å². The highest BCUT2D eigenvalue weighted by atomic mass is 32.5. The van der Waals surface area contributed by atoms with Gasteiger partial charge in [-0.15, -0.1) is 0 Å². The van der Waals surface area contributed by atoms with E-state index in [4.69, 9.17) is 55.4 Å². The molecule has 19 nitrogen and oxygen atoms in total. The number of carbonyl (C=O) groups is 1. The molecule has 2 saturated heterocycles. The largest absolute Gasteiger partial charge is 0.408 e. The van der Waals surface area contributed by atoms with Crippen LogP contribution in [0.2, 0.25) is 18.1 Å². The quantitative estimate of drug-likeness (QED) is 0.121. The van der Waals surface area contributed by atoms with Crippen LogP contribution in [0.15, 0.2) is 29.7 Å². The number of amides is 1. The summed E-state index contributed by atoms with van der Waals surface area (Å²) in [6, 6.07) is 3.66. The maximum Gasteiger partial charge on any atom is 0.327 e. The molecular weight excluding hydrogens is 837 g/mol. The van der Waals surface area contributed by atoms with Crippen molar-refractivity contribution in [2.45, 2.75) is 109 Å². The van der Waals surface area contributed by atoms with Gasteiger partial charge in [-0.3, -0.25) is 29.0 Å². The van der Waals surface area contributed by atoms with E-state index in [1.165, 1.54) is 17.2 Å². The number of nitriles is 1. The Morgan fingerprint density at radius 1 is 1.19 bits per heavy atom. The molecule has 4 N–H and O–H groups in total. The normalized spacial score (nSPS) is 31.2. The number of nitrogens with zero attached hydrogens (tertiary/aromatic N) is 6. The maximum atomic E-state index is 13.2. The van der Waals surface area contributed by atoms with Crippen LogP contribution in [0.5, 0.6) is 0 Å². The molecule has 0 spiro atoms. The van der Waals surface area contributed by atoms with E-state index in [0.29, 0.717) is 18.7 Å². The maximum absolute atomic E-state index is 13.2. The molecule has 3 fully saturated rings. The standard InChI is InChI=1S/C33H49N9O10P2S2Si/c1-19(2)29(43)40-32-39-28-25(30(44)41-32)37-18-42(28)31-27-26(52-57(6,7)33(3,4)5)23(49-31)16-47-53(45,55)50-22-14-21(38-24-9-11-35-17-36-24)13-20(22)15-48-54(56,51-27)46-12-8-10-34/h9,11,17-23,26-27,31H,8,12-16H2,1-7H3,(H,45,55)(H,35,36,38)(H2,39,40,41,43,44)/t20-,21-,22+,23-,26-,27-,31-,53?,54-/m1/s1. The molecule has 0 aromatic carbocycles. The third kappa shape index (κ3) is 10.4. The molecule has 2 bridgehead atoms. The van der Waals surface area contributed by atoms with Crippen molar-refractivity contribution in [2.75, 3.05) is 30.5 Å². The summed E-state index contributed by atoms with van der Waals surface area (Å²) < 4.78 is 47.0. The Kier molecular flexibility index (Phi) is 13.5. The van der Waals surface area contributed by atoms with Crippen LogP contribution in [0.4, 0.5) is 11.8 Å². The van der Waals surface area contributed by atoms with Crippen LogP contribution in [0.25, 0.3) is 11.2 Å². The summed E-state index contributed by atoms with van der Waals surface area (Å²) >= 11 is 11.7. The topological polar surface area (TPSA) is 239 Å². The van der Waals surface area contributed by atoms with Gasteiger partial charge in [0.15, 0.2) is 25.7 Å². The molecular formula is C33H49N9O10P2S2Si. The van der Waals surface area contributed by atoms with E-state index in [-0.39, 0.29) is 66.3 Å². The van der Waals surface area contributed by atoms with E-state index in [0.717, 1.165) is 0 Å². The first-order chi connectivity index (χ1) is 26.8. The first-order valence-electron chi connectivity index (χ1n) is 18.5. The average molecular weight is 886 g/mol. The fraction of sp³-hybridized carbons (Fsp3) is 0.667. The molecule has 6 rings (SSSR count). The molecule has 3 aromatic rings. The van der Waals surface area contributed by atoms with Crippen LogP contribution in [0, 0.1) is 23.2 Å². The summed E-state index contributed by atoms with van der Waals surface area (Å²) in [6.45, 7) is 5.68. The van der Waals surface area contributed by atoms with E-state index < -0.39 is 63.9 Å². The number of hydrogen-bond donors (Lipinski definition) is 4. The van der Waals surface area contributed by atoms with E-state index in [1.807, 2.05) is 0 Å². The number of aromatic amines is 1. The first-order valence-corrected chi connectivity index (χ1v) is 26.6. The Hall–Kier alpha value is -2.61. The zero-order valence-corrected chi connectivity index (χ0v) is 37.1. The Labute approximate surface area is 341 Å². The molecule has 1 aliphatic carbocycles. The SMILES string of the molecule is CC(C)C(=O)Nc1nc2c(ncn2[C@@H]2O[C@@H]3COP(O)(=S)O[C@H]4C[C@H](Nc5ccncn5)C[C@@H]4CO[P@](=S)(OCCC#N)O[C@@H]2[C@@H]3O[Si](C)(C)C(C)(C)C)c(=O)[nH]1. The highest BCUT2D eigenvalue weighted by molar-refractivity contribution is 8.07. The lowest BCUT2D eigenvalue weighted by Crippen LogP contribution is -2.50. The highest BCUT2D eigenvalue weighted by Gasteiger charge is 2.55. The average Bonchev–Trinajstić information content (AvgIpc) is 3.81. The third-order valence-electron chi connectivity index (χ3n) is 10.4. The van der Waals surface area contributed by atoms with Crippen molar-refractivity contribution in [1.82, 2.24) is 29.5 Å². The summed E-state index contributed by atoms with van der Waals surface area (Å²) in [5.74, 6) is -0.594. The van der Waals surface area contributed by atoms with Crippen molar-refractivity contribution in [2.24, 2.45) is 11.8 Å². The van der Waals surface area contributed by atoms with Gasteiger partial charge in [0.05, 0.1) is 44.7 Å². The number of imidazole rings is 1. The van der Waals surface area contributed by atoms with Gasteiger partial charge in [0.1, 0.15) is 30.5 Å². The number of nitrogens with one attached hydrogen (secondary N) is 3. The zero-order valence-electron chi connectivity index (χ0n) is 32.7. The molecule has 57 heavy (non-hydrogen) atoms. The van der Waals surface area contributed by atoms with E-state index in [1.54, 1.807) is 26.1 Å². The van der Waals surface area contributed by atoms with Crippen LogP contribution in [0.3, 0.4) is 0 Å². The van der Waals surface area contributed by atoms with E-state index in [9.17, 15) is 19.7 Å². The zero-order chi connectivity index (χ0) is 41.3. The van der Waals surface area contributed by atoms with Crippen molar-refractivity contribution in [1.29, 1.82) is 5.26 Å². The summed E-state index contributed by atoms with van der Waals surface area (Å²) in [7, 11) is -2.65. The second-order valence-electron chi connectivity index (χ2n) is 15.9. The number of H-pyrrole nitrogens is 1. The molecule has 3 aliphatic rings. The number of ether oxygens (including phenoxy) is 1. The van der Waals surface area contributed by atoms with Gasteiger partial charge in [-0.05, 0) is 60.7 Å². The lowest BCUT2D eigenvalue weighted by Gasteiger charge is -2.41. The smallest absolute Gasteiger partial charge is 0.327 e. The lowest BCUT2D eigenvalue weighted by atomic mass is 10.1. The fourth-order valence-corrected chi connectivity index (χ4v) is 11.3. The second kappa shape index (κ2) is 17.5. The number of anilines is 2. The summed E-state index contributed by atoms with van der Waals surface area (Å²) in [5, 5.41) is 15.1. The molecule has 5 heterocycles. The van der Waals surface area contributed by atoms with Crippen LogP contribution in [0.1, 0.15) is 60.1 Å². The monoisotopic (exact) mass is 885 g/mol. The Morgan fingerprint density at radius 2 is 1.96 bits per heavy atom. The van der Waals surface area contributed by atoms with Crippen molar-refractivity contribution in [3.8, 4) is 6.07 Å². The predicted octanol–water partition coefficient (Wildman–Crippen LogP) is 4.87. The Balaban J connectivity index is 1.42. The molecule has 9 atom stereocenters. The Morgan fingerprint density at radius 3 is 2.65 bits per heavy atom. The number of fused-ring (bicyclic) bond motifs is 4. The van der Waals surface area contributed by atoms with Crippen molar-refractivity contribution >= 4 is 74.2 Å². The number of hydrogen-bond acceptors (Lipinski definition) is 17. The van der Waals surface area contributed by atoms with Crippen molar-refractivity contribution in [3.05, 3.63) is 35.3 Å². The van der Waals surface area contributed by atoms with Crippen molar-refractivity contribution < 1.29 is 41.5 Å². The van der Waals surface area contributed by atoms with Crippen LogP contribution in [-0.2, 0) is 60.2 Å². The van der Waals surface area contributed by atoms with Crippen LogP contribution >= 0.6 is 13.4 Å². The summed E-state index contributed by atoms with van der Waals surface area (Å²) in [4.78, 5) is 57.1. The summed E-state index contributed by atoms with van der Waals surface area (Å²) in [6.07, 6.45) is 0.628. The van der Waals surface area contributed by atoms with Gasteiger partial charge in [0, 0.05) is 24.1 Å². The van der Waals surface area contributed by atoms with Gasteiger partial charge in [0.25, 0.3) is 5.56 Å². The first kappa shape index (κ1) is 44.0. The van der Waals surface area contributed by atoms with E-state index >= 15 is 0 Å². The molecule has 1 amide bonds. The number of carbonyl (C=O) groups excluding carboxylic acids is 1. The van der Waals surface area contributed by atoms with Gasteiger partial charge in [-0.2, -0.15) is 10.2 Å². The fourth-order valence-electron chi connectivity index (χ4n) is 6.37. The molecule has 3 aromatic heterocycles. The van der Waals surface area contributed by atoms with Gasteiger partial charge in [-0.1, -0.05) is 34.6 Å². The molecule has 24 heteroatoms.